The third-order valence-corrected chi connectivity index (χ3v) is 8.10. The number of methoxy groups -OCH3 is 1. The van der Waals surface area contributed by atoms with Gasteiger partial charge in [0.25, 0.3) is 10.0 Å². The number of thiophene rings is 1. The molecule has 0 fully saturated rings. The number of carbonyl (C=O) groups excluding carboxylic acids is 1. The summed E-state index contributed by atoms with van der Waals surface area (Å²) in [6.45, 7) is 0. The summed E-state index contributed by atoms with van der Waals surface area (Å²) in [6.07, 6.45) is 0. The number of sulfonamides is 1. The molecule has 2 aromatic carbocycles. The second-order valence-corrected chi connectivity index (χ2v) is 10.2. The molecule has 3 aromatic rings. The number of hydrogen-bond acceptors (Lipinski definition) is 7. The first-order chi connectivity index (χ1) is 13.7. The lowest BCUT2D eigenvalue weighted by Gasteiger charge is -2.12. The third-order valence-electron chi connectivity index (χ3n) is 3.83. The first kappa shape index (κ1) is 21.0. The zero-order valence-electron chi connectivity index (χ0n) is 14.8. The molecule has 1 aromatic heterocycles. The van der Waals surface area contributed by atoms with Gasteiger partial charge in [-0.05, 0) is 36.4 Å². The predicted molar refractivity (Wildman–Crippen MR) is 105 cm³/mol. The highest BCUT2D eigenvalue weighted by atomic mass is 32.2. The molecule has 0 radical (unpaired) electrons. The molecule has 0 aliphatic heterocycles. The summed E-state index contributed by atoms with van der Waals surface area (Å²) in [5, 5.41) is 1.16. The number of hydrogen-bond donors (Lipinski definition) is 1. The quantitative estimate of drug-likeness (QED) is 0.572. The molecule has 7 nitrogen and oxygen atoms in total. The maximum atomic E-state index is 13.1. The summed E-state index contributed by atoms with van der Waals surface area (Å²) in [5.41, 5.74) is -0.421. The van der Waals surface area contributed by atoms with Crippen molar-refractivity contribution in [2.45, 2.75) is 14.7 Å². The molecule has 0 spiro atoms. The van der Waals surface area contributed by atoms with Gasteiger partial charge in [0.15, 0.2) is 0 Å². The predicted octanol–water partition coefficient (Wildman–Crippen LogP) is 3.31. The van der Waals surface area contributed by atoms with Gasteiger partial charge in [0.2, 0.25) is 9.84 Å². The molecule has 0 amide bonds. The van der Waals surface area contributed by atoms with E-state index in [1.165, 1.54) is 24.3 Å². The fourth-order valence-electron chi connectivity index (χ4n) is 2.41. The third kappa shape index (κ3) is 4.16. The van der Waals surface area contributed by atoms with Crippen molar-refractivity contribution >= 4 is 42.9 Å². The average molecular weight is 456 g/mol. The van der Waals surface area contributed by atoms with E-state index >= 15 is 0 Å². The van der Waals surface area contributed by atoms with Crippen LogP contribution in [-0.4, -0.2) is 29.9 Å². The van der Waals surface area contributed by atoms with Gasteiger partial charge in [0.05, 0.1) is 22.6 Å². The van der Waals surface area contributed by atoms with Crippen LogP contribution in [0, 0.1) is 5.82 Å². The standard InChI is InChI=1S/C18H14FNO6S3/c1-26-18(21)17-16(20-29(24,25)14-9-7-12(19)8-10-14)15(11-27-17)28(22,23)13-5-3-2-4-6-13/h2-11,20H,1H3. The molecule has 0 aliphatic carbocycles. The molecule has 0 bridgehead atoms. The molecular formula is C18H14FNO6S3. The number of sulfone groups is 1. The zero-order chi connectivity index (χ0) is 21.2. The van der Waals surface area contributed by atoms with Crippen molar-refractivity contribution in [2.24, 2.45) is 0 Å². The van der Waals surface area contributed by atoms with E-state index in [1.807, 2.05) is 0 Å². The smallest absolute Gasteiger partial charge is 0.350 e. The van der Waals surface area contributed by atoms with E-state index in [2.05, 4.69) is 9.46 Å². The SMILES string of the molecule is COC(=O)c1scc(S(=O)(=O)c2ccccc2)c1NS(=O)(=O)c1ccc(F)cc1. The average Bonchev–Trinajstić information content (AvgIpc) is 3.12. The minimum Gasteiger partial charge on any atom is -0.465 e. The highest BCUT2D eigenvalue weighted by molar-refractivity contribution is 7.93. The molecule has 0 aliphatic rings. The number of anilines is 1. The van der Waals surface area contributed by atoms with Crippen molar-refractivity contribution in [2.75, 3.05) is 11.8 Å². The molecule has 0 atom stereocenters. The molecule has 3 rings (SSSR count). The number of carbonyl (C=O) groups is 1. The van der Waals surface area contributed by atoms with Crippen LogP contribution in [-0.2, 0) is 24.6 Å². The van der Waals surface area contributed by atoms with Crippen molar-refractivity contribution in [3.63, 3.8) is 0 Å². The number of rotatable bonds is 6. The molecule has 152 valence electrons. The lowest BCUT2D eigenvalue weighted by atomic mass is 10.4. The zero-order valence-corrected chi connectivity index (χ0v) is 17.3. The Balaban J connectivity index is 2.15. The van der Waals surface area contributed by atoms with Crippen molar-refractivity contribution in [3.05, 3.63) is 70.7 Å². The van der Waals surface area contributed by atoms with Gasteiger partial charge in [-0.3, -0.25) is 4.72 Å². The lowest BCUT2D eigenvalue weighted by molar-refractivity contribution is 0.0607. The van der Waals surface area contributed by atoms with Gasteiger partial charge in [-0.25, -0.2) is 26.0 Å². The van der Waals surface area contributed by atoms with Crippen molar-refractivity contribution < 1.29 is 30.8 Å². The maximum absolute atomic E-state index is 13.1. The first-order valence-electron chi connectivity index (χ1n) is 7.95. The van der Waals surface area contributed by atoms with Crippen LogP contribution in [0.15, 0.2) is 74.7 Å². The van der Waals surface area contributed by atoms with Gasteiger partial charge in [-0.2, -0.15) is 0 Å². The number of benzene rings is 2. The van der Waals surface area contributed by atoms with Crippen LogP contribution in [0.25, 0.3) is 0 Å². The topological polar surface area (TPSA) is 107 Å². The van der Waals surface area contributed by atoms with Crippen LogP contribution in [0.5, 0.6) is 0 Å². The molecule has 11 heteroatoms. The normalized spacial score (nSPS) is 11.8. The highest BCUT2D eigenvalue weighted by Crippen LogP contribution is 2.37. The van der Waals surface area contributed by atoms with Crippen molar-refractivity contribution in [3.8, 4) is 0 Å². The molecule has 1 heterocycles. The molecular weight excluding hydrogens is 441 g/mol. The Hall–Kier alpha value is -2.76. The van der Waals surface area contributed by atoms with Crippen molar-refractivity contribution in [1.82, 2.24) is 0 Å². The second kappa shape index (κ2) is 7.93. The van der Waals surface area contributed by atoms with Crippen LogP contribution in [0.4, 0.5) is 10.1 Å². The number of ether oxygens (including phenoxy) is 1. The Morgan fingerprint density at radius 2 is 1.59 bits per heavy atom. The molecule has 0 saturated heterocycles. The van der Waals surface area contributed by atoms with E-state index in [0.29, 0.717) is 0 Å². The molecule has 1 N–H and O–H groups in total. The van der Waals surface area contributed by atoms with E-state index < -0.39 is 37.3 Å². The van der Waals surface area contributed by atoms with Gasteiger partial charge in [0.1, 0.15) is 15.6 Å². The van der Waals surface area contributed by atoms with Gasteiger partial charge in [-0.1, -0.05) is 18.2 Å². The van der Waals surface area contributed by atoms with Crippen LogP contribution in [0.1, 0.15) is 9.67 Å². The Morgan fingerprint density at radius 1 is 0.966 bits per heavy atom. The largest absolute Gasteiger partial charge is 0.465 e. The fourth-order valence-corrected chi connectivity index (χ4v) is 6.34. The summed E-state index contributed by atoms with van der Waals surface area (Å²) in [5.74, 6) is -1.54. The maximum Gasteiger partial charge on any atom is 0.350 e. The molecule has 0 saturated carbocycles. The van der Waals surface area contributed by atoms with E-state index in [-0.39, 0.29) is 19.6 Å². The van der Waals surface area contributed by atoms with Gasteiger partial charge < -0.3 is 4.74 Å². The fraction of sp³-hybridized carbons (Fsp3) is 0.0556. The van der Waals surface area contributed by atoms with Crippen molar-refractivity contribution in [1.29, 1.82) is 0 Å². The molecule has 29 heavy (non-hydrogen) atoms. The Labute approximate surface area is 170 Å². The summed E-state index contributed by atoms with van der Waals surface area (Å²) in [7, 11) is -7.36. The lowest BCUT2D eigenvalue weighted by Crippen LogP contribution is -2.17. The van der Waals surface area contributed by atoms with Gasteiger partial charge >= 0.3 is 5.97 Å². The Bertz CT molecular complexity index is 1250. The van der Waals surface area contributed by atoms with E-state index in [9.17, 15) is 26.0 Å². The van der Waals surface area contributed by atoms with E-state index in [1.54, 1.807) is 6.07 Å². The monoisotopic (exact) mass is 455 g/mol. The summed E-state index contributed by atoms with van der Waals surface area (Å²) in [4.78, 5) is 11.1. The highest BCUT2D eigenvalue weighted by Gasteiger charge is 2.31. The summed E-state index contributed by atoms with van der Waals surface area (Å²) < 4.78 is 71.4. The first-order valence-corrected chi connectivity index (χ1v) is 11.8. The number of halogens is 1. The van der Waals surface area contributed by atoms with Crippen LogP contribution in [0.3, 0.4) is 0 Å². The van der Waals surface area contributed by atoms with Crippen LogP contribution >= 0.6 is 11.3 Å². The second-order valence-electron chi connectivity index (χ2n) is 5.67. The van der Waals surface area contributed by atoms with E-state index in [0.717, 1.165) is 48.1 Å². The summed E-state index contributed by atoms with van der Waals surface area (Å²) >= 11 is 0.728. The van der Waals surface area contributed by atoms with Gasteiger partial charge in [0, 0.05) is 5.38 Å². The van der Waals surface area contributed by atoms with Crippen LogP contribution in [0.2, 0.25) is 0 Å². The Kier molecular flexibility index (Phi) is 5.73. The minimum atomic E-state index is -4.31. The Morgan fingerprint density at radius 3 is 2.17 bits per heavy atom. The molecule has 0 unspecified atom stereocenters. The number of nitrogens with one attached hydrogen (secondary N) is 1. The van der Waals surface area contributed by atoms with E-state index in [4.69, 9.17) is 0 Å². The number of esters is 1. The minimum absolute atomic E-state index is 0.0727. The van der Waals surface area contributed by atoms with Gasteiger partial charge in [-0.15, -0.1) is 11.3 Å². The summed E-state index contributed by atoms with van der Waals surface area (Å²) in [6, 6.07) is 11.3. The van der Waals surface area contributed by atoms with Crippen LogP contribution < -0.4 is 4.72 Å².